The second-order valence-corrected chi connectivity index (χ2v) is 4.80. The molecule has 0 aliphatic heterocycles. The molecule has 0 aromatic heterocycles. The van der Waals surface area contributed by atoms with Crippen molar-refractivity contribution in [1.82, 2.24) is 10.6 Å². The summed E-state index contributed by atoms with van der Waals surface area (Å²) < 4.78 is 21.5. The molecular formula is C17H24N2O7. The van der Waals surface area contributed by atoms with E-state index in [0.717, 1.165) is 0 Å². The third-order valence-electron chi connectivity index (χ3n) is 2.96. The minimum Gasteiger partial charge on any atom is -0.490 e. The summed E-state index contributed by atoms with van der Waals surface area (Å²) in [5.41, 5.74) is 0.132. The summed E-state index contributed by atoms with van der Waals surface area (Å²) in [4.78, 5) is 34.8. The molecule has 0 radical (unpaired) electrons. The fourth-order valence-corrected chi connectivity index (χ4v) is 1.95. The zero-order valence-corrected chi connectivity index (χ0v) is 15.3. The van der Waals surface area contributed by atoms with Crippen molar-refractivity contribution in [2.45, 2.75) is 20.8 Å². The number of esters is 1. The third-order valence-corrected chi connectivity index (χ3v) is 2.96. The molecule has 3 amide bonds. The molecule has 144 valence electrons. The predicted octanol–water partition coefficient (Wildman–Crippen LogP) is 1.50. The van der Waals surface area contributed by atoms with Crippen molar-refractivity contribution in [3.63, 3.8) is 0 Å². The van der Waals surface area contributed by atoms with Crippen molar-refractivity contribution in [3.05, 3.63) is 17.7 Å². The molecule has 0 spiro atoms. The molecule has 9 nitrogen and oxygen atoms in total. The van der Waals surface area contributed by atoms with Gasteiger partial charge in [0.05, 0.1) is 25.4 Å². The highest BCUT2D eigenvalue weighted by Crippen LogP contribution is 2.39. The molecule has 0 unspecified atom stereocenters. The highest BCUT2D eigenvalue weighted by Gasteiger charge is 2.20. The van der Waals surface area contributed by atoms with Gasteiger partial charge in [-0.05, 0) is 32.9 Å². The maximum atomic E-state index is 12.2. The van der Waals surface area contributed by atoms with Crippen LogP contribution in [0.15, 0.2) is 12.1 Å². The van der Waals surface area contributed by atoms with Crippen molar-refractivity contribution in [3.8, 4) is 17.2 Å². The molecule has 26 heavy (non-hydrogen) atoms. The van der Waals surface area contributed by atoms with Gasteiger partial charge in [0.1, 0.15) is 0 Å². The van der Waals surface area contributed by atoms with Gasteiger partial charge < -0.3 is 24.3 Å². The molecule has 0 saturated carbocycles. The van der Waals surface area contributed by atoms with Gasteiger partial charge in [0, 0.05) is 7.05 Å². The molecule has 2 N–H and O–H groups in total. The van der Waals surface area contributed by atoms with E-state index in [4.69, 9.17) is 18.9 Å². The summed E-state index contributed by atoms with van der Waals surface area (Å²) in [6.07, 6.45) is 0. The highest BCUT2D eigenvalue weighted by atomic mass is 16.5. The first-order valence-electron chi connectivity index (χ1n) is 8.21. The van der Waals surface area contributed by atoms with Crippen LogP contribution >= 0.6 is 0 Å². The largest absolute Gasteiger partial charge is 0.490 e. The van der Waals surface area contributed by atoms with Crippen molar-refractivity contribution in [2.24, 2.45) is 0 Å². The first-order valence-corrected chi connectivity index (χ1v) is 8.21. The van der Waals surface area contributed by atoms with E-state index in [1.54, 1.807) is 13.8 Å². The molecule has 9 heteroatoms. The number of imide groups is 1. The van der Waals surface area contributed by atoms with Crippen molar-refractivity contribution in [2.75, 3.05) is 33.5 Å². The average molecular weight is 368 g/mol. The molecule has 0 atom stereocenters. The molecule has 1 rings (SSSR count). The van der Waals surface area contributed by atoms with Gasteiger partial charge in [-0.1, -0.05) is 0 Å². The van der Waals surface area contributed by atoms with Gasteiger partial charge >= 0.3 is 12.0 Å². The van der Waals surface area contributed by atoms with E-state index in [0.29, 0.717) is 37.1 Å². The van der Waals surface area contributed by atoms with Crippen LogP contribution in [0.5, 0.6) is 17.2 Å². The Morgan fingerprint density at radius 1 is 0.923 bits per heavy atom. The monoisotopic (exact) mass is 368 g/mol. The van der Waals surface area contributed by atoms with Gasteiger partial charge in [-0.15, -0.1) is 0 Å². The number of hydrogen-bond donors (Lipinski definition) is 2. The Bertz CT molecular complexity index is 619. The third kappa shape index (κ3) is 6.15. The molecular weight excluding hydrogens is 344 g/mol. The number of nitrogens with one attached hydrogen (secondary N) is 2. The fraction of sp³-hybridized carbons (Fsp3) is 0.471. The van der Waals surface area contributed by atoms with E-state index in [9.17, 15) is 14.4 Å². The topological polar surface area (TPSA) is 112 Å². The highest BCUT2D eigenvalue weighted by molar-refractivity contribution is 5.97. The number of urea groups is 1. The van der Waals surface area contributed by atoms with Crippen LogP contribution in [0, 0.1) is 0 Å². The minimum atomic E-state index is -0.762. The van der Waals surface area contributed by atoms with Crippen LogP contribution in [-0.4, -0.2) is 51.4 Å². The van der Waals surface area contributed by atoms with E-state index in [1.807, 2.05) is 12.2 Å². The van der Waals surface area contributed by atoms with Crippen molar-refractivity contribution in [1.29, 1.82) is 0 Å². The van der Waals surface area contributed by atoms with E-state index in [-0.39, 0.29) is 5.56 Å². The number of carbonyl (C=O) groups excluding carboxylic acids is 3. The van der Waals surface area contributed by atoms with Gasteiger partial charge in [0.15, 0.2) is 18.1 Å². The standard InChI is InChI=1S/C17H24N2O7/c1-5-23-12-8-11(9-13(24-6-2)15(12)25-7-3)16(21)26-10-14(20)19-17(22)18-4/h8-9H,5-7,10H2,1-4H3,(H2,18,19,20,22). The van der Waals surface area contributed by atoms with Gasteiger partial charge in [0.2, 0.25) is 5.75 Å². The Balaban J connectivity index is 2.97. The molecule has 0 aliphatic carbocycles. The van der Waals surface area contributed by atoms with Crippen LogP contribution in [0.3, 0.4) is 0 Å². The lowest BCUT2D eigenvalue weighted by atomic mass is 10.2. The first-order chi connectivity index (χ1) is 12.5. The minimum absolute atomic E-state index is 0.132. The van der Waals surface area contributed by atoms with Crippen LogP contribution < -0.4 is 24.8 Å². The van der Waals surface area contributed by atoms with E-state index in [1.165, 1.54) is 19.2 Å². The predicted molar refractivity (Wildman–Crippen MR) is 92.8 cm³/mol. The van der Waals surface area contributed by atoms with Crippen molar-refractivity contribution >= 4 is 17.9 Å². The van der Waals surface area contributed by atoms with Crippen LogP contribution in [0.2, 0.25) is 0 Å². The lowest BCUT2D eigenvalue weighted by Gasteiger charge is -2.16. The SMILES string of the molecule is CCOc1cc(C(=O)OCC(=O)NC(=O)NC)cc(OCC)c1OCC. The number of amides is 3. The zero-order valence-electron chi connectivity index (χ0n) is 15.3. The summed E-state index contributed by atoms with van der Waals surface area (Å²) in [5.74, 6) is -0.449. The molecule has 0 saturated heterocycles. The summed E-state index contributed by atoms with van der Waals surface area (Å²) >= 11 is 0. The Morgan fingerprint density at radius 2 is 1.46 bits per heavy atom. The number of benzene rings is 1. The smallest absolute Gasteiger partial charge is 0.338 e. The van der Waals surface area contributed by atoms with Gasteiger partial charge in [-0.25, -0.2) is 9.59 Å². The van der Waals surface area contributed by atoms with Crippen LogP contribution in [-0.2, 0) is 9.53 Å². The fourth-order valence-electron chi connectivity index (χ4n) is 1.95. The Kier molecular flexibility index (Phi) is 8.76. The molecule has 1 aromatic carbocycles. The lowest BCUT2D eigenvalue weighted by Crippen LogP contribution is -2.39. The number of ether oxygens (including phenoxy) is 4. The summed E-state index contributed by atoms with van der Waals surface area (Å²) in [6.45, 7) is 5.92. The number of hydrogen-bond acceptors (Lipinski definition) is 7. The molecule has 0 bridgehead atoms. The van der Waals surface area contributed by atoms with Gasteiger partial charge in [-0.2, -0.15) is 0 Å². The molecule has 1 aromatic rings. The second-order valence-electron chi connectivity index (χ2n) is 4.80. The Hall–Kier alpha value is -2.97. The molecule has 0 fully saturated rings. The normalized spacial score (nSPS) is 9.85. The zero-order chi connectivity index (χ0) is 19.5. The van der Waals surface area contributed by atoms with Crippen LogP contribution in [0.4, 0.5) is 4.79 Å². The van der Waals surface area contributed by atoms with E-state index >= 15 is 0 Å². The van der Waals surface area contributed by atoms with Crippen LogP contribution in [0.1, 0.15) is 31.1 Å². The average Bonchev–Trinajstić information content (AvgIpc) is 2.62. The lowest BCUT2D eigenvalue weighted by molar-refractivity contribution is -0.123. The summed E-state index contributed by atoms with van der Waals surface area (Å²) in [6, 6.07) is 2.22. The Morgan fingerprint density at radius 3 is 1.92 bits per heavy atom. The number of rotatable bonds is 9. The van der Waals surface area contributed by atoms with Crippen LogP contribution in [0.25, 0.3) is 0 Å². The summed E-state index contributed by atoms with van der Waals surface area (Å²) in [5, 5.41) is 4.21. The van der Waals surface area contributed by atoms with E-state index in [2.05, 4.69) is 5.32 Å². The number of carbonyl (C=O) groups is 3. The van der Waals surface area contributed by atoms with Gasteiger partial charge in [0.25, 0.3) is 5.91 Å². The maximum absolute atomic E-state index is 12.2. The maximum Gasteiger partial charge on any atom is 0.338 e. The summed E-state index contributed by atoms with van der Waals surface area (Å²) in [7, 11) is 1.36. The Labute approximate surface area is 151 Å². The van der Waals surface area contributed by atoms with E-state index < -0.39 is 24.5 Å². The quantitative estimate of drug-likeness (QED) is 0.635. The molecule has 0 heterocycles. The first kappa shape index (κ1) is 21.1. The second kappa shape index (κ2) is 10.8. The molecule has 0 aliphatic rings. The van der Waals surface area contributed by atoms with Crippen molar-refractivity contribution < 1.29 is 33.3 Å². The van der Waals surface area contributed by atoms with Gasteiger partial charge in [-0.3, -0.25) is 10.1 Å².